The van der Waals surface area contributed by atoms with Crippen LogP contribution in [0.25, 0.3) is 10.2 Å². The molecule has 0 radical (unpaired) electrons. The van der Waals surface area contributed by atoms with E-state index in [-0.39, 0.29) is 6.61 Å². The van der Waals surface area contributed by atoms with Gasteiger partial charge >= 0.3 is 0 Å². The zero-order valence-corrected chi connectivity index (χ0v) is 12.8. The molecule has 2 heterocycles. The minimum Gasteiger partial charge on any atom is -0.396 e. The number of fused-ring (bicyclic) bond motifs is 1. The van der Waals surface area contributed by atoms with Crippen LogP contribution in [-0.4, -0.2) is 34.8 Å². The summed E-state index contributed by atoms with van der Waals surface area (Å²) in [6, 6.07) is 2.05. The molecule has 0 aromatic carbocycles. The van der Waals surface area contributed by atoms with Crippen LogP contribution in [0.3, 0.4) is 0 Å². The molecule has 0 fully saturated rings. The Bertz CT molecular complexity index is 543. The standard InChI is InChI=1S/C14H22N4OS/c1-3-15-14-17-12(11-6-8-20-13(11)18-14)16-7-4-5-10(2)9-19/h6,8,10,19H,3-5,7,9H2,1-2H3,(H2,15,16,17,18). The highest BCUT2D eigenvalue weighted by atomic mass is 32.1. The molecule has 0 aliphatic carbocycles. The van der Waals surface area contributed by atoms with Gasteiger partial charge in [0.25, 0.3) is 0 Å². The van der Waals surface area contributed by atoms with Gasteiger partial charge in [-0.2, -0.15) is 4.98 Å². The Morgan fingerprint density at radius 1 is 1.35 bits per heavy atom. The molecule has 0 amide bonds. The fourth-order valence-corrected chi connectivity index (χ4v) is 2.74. The van der Waals surface area contributed by atoms with E-state index in [2.05, 4.69) is 33.6 Å². The van der Waals surface area contributed by atoms with Crippen molar-refractivity contribution >= 4 is 33.3 Å². The molecule has 2 aromatic heterocycles. The second kappa shape index (κ2) is 7.40. The Morgan fingerprint density at radius 2 is 2.20 bits per heavy atom. The third-order valence-corrected chi connectivity index (χ3v) is 3.94. The lowest BCUT2D eigenvalue weighted by Crippen LogP contribution is -2.09. The Morgan fingerprint density at radius 3 is 2.95 bits per heavy atom. The minimum absolute atomic E-state index is 0.257. The van der Waals surface area contributed by atoms with Crippen molar-refractivity contribution in [3.05, 3.63) is 11.4 Å². The maximum absolute atomic E-state index is 9.01. The van der Waals surface area contributed by atoms with Crippen molar-refractivity contribution in [2.24, 2.45) is 5.92 Å². The monoisotopic (exact) mass is 294 g/mol. The number of nitrogens with one attached hydrogen (secondary N) is 2. The van der Waals surface area contributed by atoms with Crippen LogP contribution in [0.4, 0.5) is 11.8 Å². The van der Waals surface area contributed by atoms with E-state index in [1.54, 1.807) is 11.3 Å². The molecule has 1 atom stereocenters. The van der Waals surface area contributed by atoms with Crippen molar-refractivity contribution in [1.29, 1.82) is 0 Å². The van der Waals surface area contributed by atoms with Crippen molar-refractivity contribution in [1.82, 2.24) is 9.97 Å². The second-order valence-electron chi connectivity index (χ2n) is 4.92. The number of aromatic nitrogens is 2. The molecule has 3 N–H and O–H groups in total. The summed E-state index contributed by atoms with van der Waals surface area (Å²) in [5, 5.41) is 18.7. The molecule has 0 bridgehead atoms. The zero-order valence-electron chi connectivity index (χ0n) is 12.0. The zero-order chi connectivity index (χ0) is 14.4. The van der Waals surface area contributed by atoms with Crippen LogP contribution in [0.1, 0.15) is 26.7 Å². The van der Waals surface area contributed by atoms with E-state index in [1.807, 2.05) is 12.3 Å². The summed E-state index contributed by atoms with van der Waals surface area (Å²) in [6.07, 6.45) is 2.04. The van der Waals surface area contributed by atoms with Gasteiger partial charge in [-0.1, -0.05) is 6.92 Å². The molecule has 110 valence electrons. The third-order valence-electron chi connectivity index (χ3n) is 3.14. The van der Waals surface area contributed by atoms with Gasteiger partial charge in [-0.05, 0) is 37.1 Å². The number of aliphatic hydroxyl groups is 1. The molecule has 2 rings (SSSR count). The van der Waals surface area contributed by atoms with Gasteiger partial charge in [-0.15, -0.1) is 11.3 Å². The summed E-state index contributed by atoms with van der Waals surface area (Å²) in [5.41, 5.74) is 0. The molecule has 1 unspecified atom stereocenters. The summed E-state index contributed by atoms with van der Waals surface area (Å²) >= 11 is 1.63. The predicted molar refractivity (Wildman–Crippen MR) is 85.6 cm³/mol. The van der Waals surface area contributed by atoms with Crippen LogP contribution in [0.5, 0.6) is 0 Å². The lowest BCUT2D eigenvalue weighted by molar-refractivity contribution is 0.229. The SMILES string of the molecule is CCNc1nc(NCCCC(C)CO)c2ccsc2n1. The molecule has 0 saturated heterocycles. The molecular formula is C14H22N4OS. The molecule has 0 aliphatic rings. The Labute approximate surface area is 123 Å². The molecule has 5 nitrogen and oxygen atoms in total. The topological polar surface area (TPSA) is 70.1 Å². The Kier molecular flexibility index (Phi) is 5.55. The summed E-state index contributed by atoms with van der Waals surface area (Å²) in [4.78, 5) is 10.0. The molecule has 0 saturated carbocycles. The molecule has 2 aromatic rings. The number of rotatable bonds is 8. The van der Waals surface area contributed by atoms with Crippen molar-refractivity contribution in [3.8, 4) is 0 Å². The van der Waals surface area contributed by atoms with E-state index in [1.165, 1.54) is 0 Å². The van der Waals surface area contributed by atoms with Gasteiger partial charge in [0.05, 0.1) is 5.39 Å². The first-order valence-electron chi connectivity index (χ1n) is 7.08. The summed E-state index contributed by atoms with van der Waals surface area (Å²) in [5.74, 6) is 1.93. The van der Waals surface area contributed by atoms with Crippen molar-refractivity contribution < 1.29 is 5.11 Å². The van der Waals surface area contributed by atoms with Crippen LogP contribution in [0.2, 0.25) is 0 Å². The molecule has 6 heteroatoms. The number of anilines is 2. The van der Waals surface area contributed by atoms with Crippen molar-refractivity contribution in [2.45, 2.75) is 26.7 Å². The van der Waals surface area contributed by atoms with Crippen LogP contribution in [0, 0.1) is 5.92 Å². The lowest BCUT2D eigenvalue weighted by atomic mass is 10.1. The maximum Gasteiger partial charge on any atom is 0.226 e. The highest BCUT2D eigenvalue weighted by Crippen LogP contribution is 2.26. The number of hydrogen-bond donors (Lipinski definition) is 3. The highest BCUT2D eigenvalue weighted by Gasteiger charge is 2.08. The minimum atomic E-state index is 0.257. The van der Waals surface area contributed by atoms with Crippen molar-refractivity contribution in [3.63, 3.8) is 0 Å². The highest BCUT2D eigenvalue weighted by molar-refractivity contribution is 7.16. The quantitative estimate of drug-likeness (QED) is 0.653. The van der Waals surface area contributed by atoms with Gasteiger partial charge in [-0.25, -0.2) is 4.98 Å². The molecule has 20 heavy (non-hydrogen) atoms. The number of aliphatic hydroxyl groups excluding tert-OH is 1. The fourth-order valence-electron chi connectivity index (χ4n) is 1.98. The van der Waals surface area contributed by atoms with Gasteiger partial charge in [-0.3, -0.25) is 0 Å². The third kappa shape index (κ3) is 3.80. The van der Waals surface area contributed by atoms with Crippen LogP contribution in [0.15, 0.2) is 11.4 Å². The van der Waals surface area contributed by atoms with E-state index >= 15 is 0 Å². The van der Waals surface area contributed by atoms with Gasteiger partial charge in [0, 0.05) is 19.7 Å². The first-order valence-corrected chi connectivity index (χ1v) is 7.96. The maximum atomic E-state index is 9.01. The summed E-state index contributed by atoms with van der Waals surface area (Å²) in [7, 11) is 0. The molecule has 0 aliphatic heterocycles. The Balaban J connectivity index is 2.02. The van der Waals surface area contributed by atoms with E-state index in [4.69, 9.17) is 5.11 Å². The normalized spacial score (nSPS) is 12.6. The smallest absolute Gasteiger partial charge is 0.226 e. The number of thiophene rings is 1. The predicted octanol–water partition coefficient (Wildman–Crippen LogP) is 2.94. The summed E-state index contributed by atoms with van der Waals surface area (Å²) < 4.78 is 0. The van der Waals surface area contributed by atoms with Gasteiger partial charge in [0.2, 0.25) is 5.95 Å². The number of nitrogens with zero attached hydrogens (tertiary/aromatic N) is 2. The van der Waals surface area contributed by atoms with E-state index in [9.17, 15) is 0 Å². The average molecular weight is 294 g/mol. The Hall–Kier alpha value is -1.40. The van der Waals surface area contributed by atoms with Crippen LogP contribution < -0.4 is 10.6 Å². The lowest BCUT2D eigenvalue weighted by Gasteiger charge is -2.11. The van der Waals surface area contributed by atoms with E-state index in [0.717, 1.165) is 42.0 Å². The van der Waals surface area contributed by atoms with Gasteiger partial charge in [0.1, 0.15) is 10.6 Å². The fraction of sp³-hybridized carbons (Fsp3) is 0.571. The first-order chi connectivity index (χ1) is 9.74. The number of hydrogen-bond acceptors (Lipinski definition) is 6. The second-order valence-corrected chi connectivity index (χ2v) is 5.82. The van der Waals surface area contributed by atoms with Gasteiger partial charge < -0.3 is 15.7 Å². The van der Waals surface area contributed by atoms with Crippen LogP contribution in [-0.2, 0) is 0 Å². The van der Waals surface area contributed by atoms with E-state index in [0.29, 0.717) is 11.9 Å². The van der Waals surface area contributed by atoms with Crippen molar-refractivity contribution in [2.75, 3.05) is 30.3 Å². The summed E-state index contributed by atoms with van der Waals surface area (Å²) in [6.45, 7) is 6.02. The molecule has 0 spiro atoms. The molecular weight excluding hydrogens is 272 g/mol. The largest absolute Gasteiger partial charge is 0.396 e. The average Bonchev–Trinajstić information content (AvgIpc) is 2.91. The van der Waals surface area contributed by atoms with E-state index < -0.39 is 0 Å². The van der Waals surface area contributed by atoms with Gasteiger partial charge in [0.15, 0.2) is 0 Å². The van der Waals surface area contributed by atoms with Crippen LogP contribution >= 0.6 is 11.3 Å². The first kappa shape index (κ1) is 15.0.